The van der Waals surface area contributed by atoms with Gasteiger partial charge in [0.25, 0.3) is 0 Å². The van der Waals surface area contributed by atoms with E-state index >= 15 is 0 Å². The van der Waals surface area contributed by atoms with Crippen LogP contribution in [0.4, 0.5) is 0 Å². The number of esters is 2. The van der Waals surface area contributed by atoms with E-state index in [2.05, 4.69) is 0 Å². The molecule has 0 N–H and O–H groups in total. The highest BCUT2D eigenvalue weighted by Crippen LogP contribution is 2.46. The lowest BCUT2D eigenvalue weighted by Gasteiger charge is -2.33. The van der Waals surface area contributed by atoms with Gasteiger partial charge in [0.15, 0.2) is 24.3 Å². The smallest absolute Gasteiger partial charge is 0.350 e. The molecule has 1 spiro atoms. The van der Waals surface area contributed by atoms with Crippen LogP contribution in [-0.2, 0) is 38.0 Å². The SMILES string of the molecule is CCC(C)(C)C(=O)OC1C(=O)OC2C3OC4(CCOCC4)OC3OC12. The summed E-state index contributed by atoms with van der Waals surface area (Å²) in [7, 11) is 0. The number of carbonyl (C=O) groups is 2. The summed E-state index contributed by atoms with van der Waals surface area (Å²) in [6, 6.07) is 0. The minimum Gasteiger partial charge on any atom is -0.454 e. The molecule has 0 aliphatic carbocycles. The third-order valence-corrected chi connectivity index (χ3v) is 5.60. The van der Waals surface area contributed by atoms with Gasteiger partial charge in [0.2, 0.25) is 6.10 Å². The Morgan fingerprint density at radius 2 is 1.92 bits per heavy atom. The Labute approximate surface area is 146 Å². The summed E-state index contributed by atoms with van der Waals surface area (Å²) >= 11 is 0. The van der Waals surface area contributed by atoms with E-state index in [1.807, 2.05) is 6.92 Å². The lowest BCUT2D eigenvalue weighted by atomic mass is 9.90. The van der Waals surface area contributed by atoms with E-state index in [0.717, 1.165) is 0 Å². The predicted octanol–water partition coefficient (Wildman–Crippen LogP) is 0.907. The summed E-state index contributed by atoms with van der Waals surface area (Å²) in [5.41, 5.74) is -0.675. The van der Waals surface area contributed by atoms with E-state index in [9.17, 15) is 9.59 Å². The second-order valence-corrected chi connectivity index (χ2v) is 7.66. The Bertz CT molecular complexity index is 567. The molecule has 0 amide bonds. The van der Waals surface area contributed by atoms with Crippen molar-refractivity contribution < 1.29 is 38.0 Å². The van der Waals surface area contributed by atoms with E-state index in [1.165, 1.54) is 0 Å². The number of rotatable bonds is 3. The molecular formula is C17H24O8. The van der Waals surface area contributed by atoms with Crippen LogP contribution in [0.25, 0.3) is 0 Å². The average Bonchev–Trinajstić information content (AvgIpc) is 3.17. The lowest BCUT2D eigenvalue weighted by molar-refractivity contribution is -0.260. The molecule has 4 heterocycles. The van der Waals surface area contributed by atoms with Crippen molar-refractivity contribution in [1.82, 2.24) is 0 Å². The van der Waals surface area contributed by atoms with E-state index in [1.54, 1.807) is 13.8 Å². The maximum atomic E-state index is 12.3. The molecule has 4 rings (SSSR count). The Kier molecular flexibility index (Phi) is 4.06. The molecule has 5 atom stereocenters. The molecule has 4 fully saturated rings. The van der Waals surface area contributed by atoms with Crippen molar-refractivity contribution in [3.63, 3.8) is 0 Å². The maximum Gasteiger partial charge on any atom is 0.350 e. The molecule has 25 heavy (non-hydrogen) atoms. The molecule has 0 aromatic carbocycles. The van der Waals surface area contributed by atoms with Crippen LogP contribution in [-0.4, -0.2) is 61.6 Å². The standard InChI is InChI=1S/C17H24O8/c1-4-16(2,3)15(19)23-11-9-10(21-13(11)18)12-14(22-9)25-17(24-12)5-7-20-8-6-17/h9-12,14H,4-8H2,1-3H3. The fraction of sp³-hybridized carbons (Fsp3) is 0.882. The molecule has 0 saturated carbocycles. The van der Waals surface area contributed by atoms with Gasteiger partial charge >= 0.3 is 11.9 Å². The number of hydrogen-bond acceptors (Lipinski definition) is 8. The Morgan fingerprint density at radius 3 is 2.60 bits per heavy atom. The van der Waals surface area contributed by atoms with E-state index < -0.39 is 53.8 Å². The van der Waals surface area contributed by atoms with Crippen molar-refractivity contribution in [1.29, 1.82) is 0 Å². The van der Waals surface area contributed by atoms with Gasteiger partial charge in [0.05, 0.1) is 18.6 Å². The van der Waals surface area contributed by atoms with Crippen LogP contribution < -0.4 is 0 Å². The lowest BCUT2D eigenvalue weighted by Crippen LogP contribution is -2.43. The van der Waals surface area contributed by atoms with Crippen LogP contribution in [0.15, 0.2) is 0 Å². The topological polar surface area (TPSA) is 89.5 Å². The summed E-state index contributed by atoms with van der Waals surface area (Å²) in [5, 5.41) is 0. The van der Waals surface area contributed by atoms with Crippen molar-refractivity contribution >= 4 is 11.9 Å². The first-order valence-electron chi connectivity index (χ1n) is 8.86. The second-order valence-electron chi connectivity index (χ2n) is 7.66. The molecule has 0 aromatic heterocycles. The zero-order chi connectivity index (χ0) is 17.8. The first-order chi connectivity index (χ1) is 11.9. The Morgan fingerprint density at radius 1 is 1.20 bits per heavy atom. The van der Waals surface area contributed by atoms with Gasteiger partial charge in [0.1, 0.15) is 6.10 Å². The zero-order valence-electron chi connectivity index (χ0n) is 14.7. The summed E-state index contributed by atoms with van der Waals surface area (Å²) in [4.78, 5) is 24.5. The van der Waals surface area contributed by atoms with E-state index in [-0.39, 0.29) is 0 Å². The van der Waals surface area contributed by atoms with Crippen molar-refractivity contribution in [3.05, 3.63) is 0 Å². The van der Waals surface area contributed by atoms with Gasteiger partial charge in [-0.1, -0.05) is 6.92 Å². The fourth-order valence-electron chi connectivity index (χ4n) is 3.52. The van der Waals surface area contributed by atoms with Gasteiger partial charge in [-0.2, -0.15) is 0 Å². The van der Waals surface area contributed by atoms with E-state index in [0.29, 0.717) is 32.5 Å². The minimum absolute atomic E-state index is 0.444. The molecule has 8 heteroatoms. The number of ether oxygens (including phenoxy) is 6. The summed E-state index contributed by atoms with van der Waals surface area (Å²) < 4.78 is 34.1. The normalized spacial score (nSPS) is 39.2. The van der Waals surface area contributed by atoms with Gasteiger partial charge in [-0.25, -0.2) is 4.79 Å². The molecule has 4 aliphatic heterocycles. The summed E-state index contributed by atoms with van der Waals surface area (Å²) in [6.45, 7) is 6.55. The van der Waals surface area contributed by atoms with Gasteiger partial charge in [0, 0.05) is 12.8 Å². The van der Waals surface area contributed by atoms with Gasteiger partial charge in [-0.05, 0) is 20.3 Å². The van der Waals surface area contributed by atoms with Crippen LogP contribution in [0.5, 0.6) is 0 Å². The molecule has 0 bridgehead atoms. The molecular weight excluding hydrogens is 332 g/mol. The number of hydrogen-bond donors (Lipinski definition) is 0. The number of fused-ring (bicyclic) bond motifs is 3. The van der Waals surface area contributed by atoms with Crippen LogP contribution in [0.1, 0.15) is 40.0 Å². The average molecular weight is 356 g/mol. The highest BCUT2D eigenvalue weighted by molar-refractivity contribution is 5.84. The highest BCUT2D eigenvalue weighted by atomic mass is 16.9. The van der Waals surface area contributed by atoms with Crippen molar-refractivity contribution in [2.45, 2.75) is 76.5 Å². The van der Waals surface area contributed by atoms with Crippen LogP contribution >= 0.6 is 0 Å². The maximum absolute atomic E-state index is 12.3. The third-order valence-electron chi connectivity index (χ3n) is 5.60. The molecule has 5 unspecified atom stereocenters. The monoisotopic (exact) mass is 356 g/mol. The molecule has 140 valence electrons. The quantitative estimate of drug-likeness (QED) is 0.689. The third kappa shape index (κ3) is 2.75. The molecule has 8 nitrogen and oxygen atoms in total. The molecule has 0 aromatic rings. The van der Waals surface area contributed by atoms with Crippen LogP contribution in [0.2, 0.25) is 0 Å². The number of carbonyl (C=O) groups excluding carboxylic acids is 2. The van der Waals surface area contributed by atoms with Crippen molar-refractivity contribution in [2.24, 2.45) is 5.41 Å². The molecule has 4 saturated heterocycles. The predicted molar refractivity (Wildman–Crippen MR) is 81.2 cm³/mol. The second kappa shape index (κ2) is 5.90. The first-order valence-corrected chi connectivity index (χ1v) is 8.86. The van der Waals surface area contributed by atoms with Gasteiger partial charge in [-0.3, -0.25) is 4.79 Å². The fourth-order valence-corrected chi connectivity index (χ4v) is 3.52. The molecule has 4 aliphatic rings. The van der Waals surface area contributed by atoms with E-state index in [4.69, 9.17) is 28.4 Å². The van der Waals surface area contributed by atoms with Crippen LogP contribution in [0, 0.1) is 5.41 Å². The van der Waals surface area contributed by atoms with Gasteiger partial charge in [-0.15, -0.1) is 0 Å². The minimum atomic E-state index is -1.08. The largest absolute Gasteiger partial charge is 0.454 e. The van der Waals surface area contributed by atoms with Crippen LogP contribution in [0.3, 0.4) is 0 Å². The summed E-state index contributed by atoms with van der Waals surface area (Å²) in [5.74, 6) is -1.77. The van der Waals surface area contributed by atoms with Crippen molar-refractivity contribution in [3.8, 4) is 0 Å². The van der Waals surface area contributed by atoms with Gasteiger partial charge < -0.3 is 28.4 Å². The Hall–Kier alpha value is -1.22. The zero-order valence-corrected chi connectivity index (χ0v) is 14.7. The highest BCUT2D eigenvalue weighted by Gasteiger charge is 2.66. The molecule has 0 radical (unpaired) electrons. The first kappa shape index (κ1) is 17.2. The Balaban J connectivity index is 1.45. The van der Waals surface area contributed by atoms with Crippen molar-refractivity contribution in [2.75, 3.05) is 13.2 Å². The summed E-state index contributed by atoms with van der Waals surface area (Å²) in [6.07, 6.45) is -1.71.